The van der Waals surface area contributed by atoms with Gasteiger partial charge in [-0.15, -0.1) is 0 Å². The number of hydrogen-bond donors (Lipinski definition) is 1. The Morgan fingerprint density at radius 2 is 2.00 bits per heavy atom. The summed E-state index contributed by atoms with van der Waals surface area (Å²) in [5.74, 6) is 0.917. The third-order valence-electron chi connectivity index (χ3n) is 3.38. The number of aliphatic hydroxyl groups excluding tert-OH is 1. The highest BCUT2D eigenvalue weighted by Crippen LogP contribution is 2.22. The van der Waals surface area contributed by atoms with Gasteiger partial charge in [0.2, 0.25) is 0 Å². The van der Waals surface area contributed by atoms with Crippen molar-refractivity contribution in [3.05, 3.63) is 30.0 Å². The van der Waals surface area contributed by atoms with Crippen molar-refractivity contribution in [1.29, 1.82) is 0 Å². The summed E-state index contributed by atoms with van der Waals surface area (Å²) >= 11 is 0. The number of para-hydroxylation sites is 1. The van der Waals surface area contributed by atoms with Crippen molar-refractivity contribution < 1.29 is 5.11 Å². The molecule has 0 saturated heterocycles. The molecule has 0 aliphatic carbocycles. The molecule has 3 nitrogen and oxygen atoms in total. The number of benzene rings is 1. The number of aromatic nitrogens is 2. The lowest BCUT2D eigenvalue weighted by Gasteiger charge is -2.15. The predicted molar refractivity (Wildman–Crippen MR) is 74.4 cm³/mol. The van der Waals surface area contributed by atoms with Gasteiger partial charge in [0.05, 0.1) is 11.2 Å². The molecule has 1 atom stereocenters. The highest BCUT2D eigenvalue weighted by molar-refractivity contribution is 5.81. The Morgan fingerprint density at radius 3 is 2.67 bits per heavy atom. The molecule has 0 amide bonds. The molecule has 98 valence electrons. The lowest BCUT2D eigenvalue weighted by atomic mass is 9.93. The van der Waals surface area contributed by atoms with Gasteiger partial charge in [0.1, 0.15) is 0 Å². The highest BCUT2D eigenvalue weighted by Gasteiger charge is 2.15. The number of aryl methyl sites for hydroxylation is 1. The summed E-state index contributed by atoms with van der Waals surface area (Å²) in [7, 11) is 1.97. The Balaban J connectivity index is 2.25. The molecular formula is C15H22N2O. The van der Waals surface area contributed by atoms with Gasteiger partial charge in [-0.25, -0.2) is 0 Å². The summed E-state index contributed by atoms with van der Waals surface area (Å²) in [6, 6.07) is 8.28. The maximum Gasteiger partial charge on any atom is 0.0706 e. The zero-order chi connectivity index (χ0) is 13.1. The average molecular weight is 246 g/mol. The first-order valence-corrected chi connectivity index (χ1v) is 6.63. The van der Waals surface area contributed by atoms with E-state index >= 15 is 0 Å². The lowest BCUT2D eigenvalue weighted by Crippen LogP contribution is -2.13. The second kappa shape index (κ2) is 5.53. The van der Waals surface area contributed by atoms with E-state index in [4.69, 9.17) is 0 Å². The molecule has 0 aliphatic heterocycles. The number of nitrogens with zero attached hydrogens (tertiary/aromatic N) is 2. The third-order valence-corrected chi connectivity index (χ3v) is 3.38. The summed E-state index contributed by atoms with van der Waals surface area (Å²) in [5, 5.41) is 15.3. The number of aliphatic hydroxyl groups is 1. The molecule has 1 aromatic carbocycles. The topological polar surface area (TPSA) is 38.1 Å². The first kappa shape index (κ1) is 13.1. The van der Waals surface area contributed by atoms with Crippen molar-refractivity contribution in [2.45, 2.75) is 26.7 Å². The fourth-order valence-corrected chi connectivity index (χ4v) is 2.60. The molecule has 1 N–H and O–H groups in total. The van der Waals surface area contributed by atoms with E-state index in [0.717, 1.165) is 24.1 Å². The van der Waals surface area contributed by atoms with E-state index in [-0.39, 0.29) is 6.61 Å². The Morgan fingerprint density at radius 1 is 1.28 bits per heavy atom. The zero-order valence-electron chi connectivity index (χ0n) is 11.4. The largest absolute Gasteiger partial charge is 0.396 e. The smallest absolute Gasteiger partial charge is 0.0706 e. The first-order chi connectivity index (χ1) is 8.61. The molecule has 1 heterocycles. The van der Waals surface area contributed by atoms with Crippen LogP contribution in [0.5, 0.6) is 0 Å². The van der Waals surface area contributed by atoms with Crippen molar-refractivity contribution in [2.75, 3.05) is 6.61 Å². The quantitative estimate of drug-likeness (QED) is 0.881. The van der Waals surface area contributed by atoms with Gasteiger partial charge in [0, 0.05) is 19.0 Å². The van der Waals surface area contributed by atoms with Crippen LogP contribution < -0.4 is 0 Å². The third kappa shape index (κ3) is 2.72. The molecule has 0 spiro atoms. The normalized spacial score (nSPS) is 13.4. The van der Waals surface area contributed by atoms with Crippen LogP contribution in [0.3, 0.4) is 0 Å². The van der Waals surface area contributed by atoms with Crippen LogP contribution in [0.25, 0.3) is 10.9 Å². The number of rotatable bonds is 5. The van der Waals surface area contributed by atoms with Crippen LogP contribution in [0, 0.1) is 11.8 Å². The molecular weight excluding hydrogens is 224 g/mol. The average Bonchev–Trinajstić information content (AvgIpc) is 2.66. The summed E-state index contributed by atoms with van der Waals surface area (Å²) in [6.07, 6.45) is 1.90. The van der Waals surface area contributed by atoms with Gasteiger partial charge in [-0.05, 0) is 30.7 Å². The van der Waals surface area contributed by atoms with E-state index in [1.165, 1.54) is 5.39 Å². The van der Waals surface area contributed by atoms with Gasteiger partial charge in [-0.2, -0.15) is 5.10 Å². The fourth-order valence-electron chi connectivity index (χ4n) is 2.60. The van der Waals surface area contributed by atoms with E-state index in [0.29, 0.717) is 11.8 Å². The molecule has 0 radical (unpaired) electrons. The number of hydrogen-bond acceptors (Lipinski definition) is 2. The van der Waals surface area contributed by atoms with E-state index in [9.17, 15) is 5.11 Å². The van der Waals surface area contributed by atoms with Crippen LogP contribution in [-0.2, 0) is 13.5 Å². The Labute approximate surface area is 108 Å². The van der Waals surface area contributed by atoms with E-state index in [1.54, 1.807) is 0 Å². The minimum Gasteiger partial charge on any atom is -0.396 e. The van der Waals surface area contributed by atoms with Gasteiger partial charge in [0.15, 0.2) is 0 Å². The lowest BCUT2D eigenvalue weighted by molar-refractivity contribution is 0.204. The predicted octanol–water partition coefficient (Wildman–Crippen LogP) is 2.77. The summed E-state index contributed by atoms with van der Waals surface area (Å²) in [6.45, 7) is 4.63. The van der Waals surface area contributed by atoms with E-state index < -0.39 is 0 Å². The monoisotopic (exact) mass is 246 g/mol. The van der Waals surface area contributed by atoms with E-state index in [2.05, 4.69) is 31.1 Å². The minimum atomic E-state index is 0.239. The Kier molecular flexibility index (Phi) is 4.02. The summed E-state index contributed by atoms with van der Waals surface area (Å²) < 4.78 is 1.93. The van der Waals surface area contributed by atoms with Crippen molar-refractivity contribution in [2.24, 2.45) is 18.9 Å². The van der Waals surface area contributed by atoms with Gasteiger partial charge in [-0.3, -0.25) is 4.68 Å². The zero-order valence-corrected chi connectivity index (χ0v) is 11.4. The molecule has 1 unspecified atom stereocenters. The maximum absolute atomic E-state index is 9.48. The standard InChI is InChI=1S/C15H22N2O/c1-11(2)8-12(10-18)9-14-13-6-4-5-7-15(13)17(3)16-14/h4-7,11-12,18H,8-10H2,1-3H3. The first-order valence-electron chi connectivity index (χ1n) is 6.63. The van der Waals surface area contributed by atoms with Gasteiger partial charge in [0.25, 0.3) is 0 Å². The van der Waals surface area contributed by atoms with Crippen LogP contribution in [0.15, 0.2) is 24.3 Å². The molecule has 3 heteroatoms. The van der Waals surface area contributed by atoms with Crippen molar-refractivity contribution in [1.82, 2.24) is 9.78 Å². The molecule has 18 heavy (non-hydrogen) atoms. The van der Waals surface area contributed by atoms with Crippen molar-refractivity contribution >= 4 is 10.9 Å². The molecule has 2 aromatic rings. The molecule has 0 fully saturated rings. The molecule has 0 aliphatic rings. The van der Waals surface area contributed by atoms with Crippen molar-refractivity contribution in [3.8, 4) is 0 Å². The SMILES string of the molecule is CC(C)CC(CO)Cc1nn(C)c2ccccc12. The Hall–Kier alpha value is -1.35. The second-order valence-corrected chi connectivity index (χ2v) is 5.47. The van der Waals surface area contributed by atoms with Crippen LogP contribution in [0.4, 0.5) is 0 Å². The highest BCUT2D eigenvalue weighted by atomic mass is 16.3. The van der Waals surface area contributed by atoms with Crippen LogP contribution in [0.2, 0.25) is 0 Å². The van der Waals surface area contributed by atoms with E-state index in [1.807, 2.05) is 23.9 Å². The molecule has 1 aromatic heterocycles. The van der Waals surface area contributed by atoms with Gasteiger partial charge < -0.3 is 5.11 Å². The molecule has 0 saturated carbocycles. The van der Waals surface area contributed by atoms with Crippen LogP contribution in [-0.4, -0.2) is 21.5 Å². The van der Waals surface area contributed by atoms with Crippen LogP contribution in [0.1, 0.15) is 26.0 Å². The molecule has 2 rings (SSSR count). The number of fused-ring (bicyclic) bond motifs is 1. The molecule has 0 bridgehead atoms. The summed E-state index contributed by atoms with van der Waals surface area (Å²) in [5.41, 5.74) is 2.27. The fraction of sp³-hybridized carbons (Fsp3) is 0.533. The Bertz CT molecular complexity index is 516. The minimum absolute atomic E-state index is 0.239. The van der Waals surface area contributed by atoms with Gasteiger partial charge in [-0.1, -0.05) is 32.0 Å². The second-order valence-electron chi connectivity index (χ2n) is 5.47. The summed E-state index contributed by atoms with van der Waals surface area (Å²) in [4.78, 5) is 0. The van der Waals surface area contributed by atoms with Crippen molar-refractivity contribution in [3.63, 3.8) is 0 Å². The van der Waals surface area contributed by atoms with Gasteiger partial charge >= 0.3 is 0 Å². The maximum atomic E-state index is 9.48. The van der Waals surface area contributed by atoms with Crippen LogP contribution >= 0.6 is 0 Å².